The van der Waals surface area contributed by atoms with Crippen molar-refractivity contribution in [3.8, 4) is 5.75 Å². The SMILES string of the molecule is CC(C)(C)c1nc(N)nc(Nc2ccc(OC3CCOC3)cc2)n1. The minimum atomic E-state index is -0.200. The summed E-state index contributed by atoms with van der Waals surface area (Å²) in [6.45, 7) is 7.51. The van der Waals surface area contributed by atoms with Crippen molar-refractivity contribution < 1.29 is 9.47 Å². The van der Waals surface area contributed by atoms with Crippen LogP contribution >= 0.6 is 0 Å². The zero-order chi connectivity index (χ0) is 17.2. The zero-order valence-electron chi connectivity index (χ0n) is 14.2. The van der Waals surface area contributed by atoms with Gasteiger partial charge >= 0.3 is 0 Å². The molecule has 1 unspecified atom stereocenters. The first-order valence-electron chi connectivity index (χ1n) is 8.04. The van der Waals surface area contributed by atoms with E-state index in [1.165, 1.54) is 0 Å². The lowest BCUT2D eigenvalue weighted by Crippen LogP contribution is -2.19. The van der Waals surface area contributed by atoms with Gasteiger partial charge in [-0.05, 0) is 24.3 Å². The largest absolute Gasteiger partial charge is 0.488 e. The Bertz CT molecular complexity index is 691. The summed E-state index contributed by atoms with van der Waals surface area (Å²) in [5.41, 5.74) is 6.45. The van der Waals surface area contributed by atoms with Gasteiger partial charge in [-0.1, -0.05) is 20.8 Å². The van der Waals surface area contributed by atoms with Crippen molar-refractivity contribution in [2.24, 2.45) is 0 Å². The standard InChI is InChI=1S/C17H23N5O2/c1-17(2,3)14-20-15(18)22-16(21-14)19-11-4-6-12(7-5-11)24-13-8-9-23-10-13/h4-7,13H,8-10H2,1-3H3,(H3,18,19,20,21,22). The molecule has 0 spiro atoms. The fourth-order valence-corrected chi connectivity index (χ4v) is 2.33. The van der Waals surface area contributed by atoms with E-state index in [0.29, 0.717) is 18.4 Å². The normalized spacial score (nSPS) is 17.7. The summed E-state index contributed by atoms with van der Waals surface area (Å²) in [6, 6.07) is 7.66. The predicted octanol–water partition coefficient (Wildman–Crippen LogP) is 2.66. The quantitative estimate of drug-likeness (QED) is 0.890. The second-order valence-electron chi connectivity index (χ2n) is 6.84. The topological polar surface area (TPSA) is 95.2 Å². The zero-order valence-corrected chi connectivity index (χ0v) is 14.2. The molecule has 0 saturated carbocycles. The smallest absolute Gasteiger partial charge is 0.232 e. The molecular weight excluding hydrogens is 306 g/mol. The average Bonchev–Trinajstić information content (AvgIpc) is 3.01. The van der Waals surface area contributed by atoms with Crippen molar-refractivity contribution >= 4 is 17.6 Å². The lowest BCUT2D eigenvalue weighted by atomic mass is 9.96. The monoisotopic (exact) mass is 329 g/mol. The number of benzene rings is 1. The molecule has 128 valence electrons. The second kappa shape index (κ2) is 6.60. The van der Waals surface area contributed by atoms with Crippen molar-refractivity contribution in [3.63, 3.8) is 0 Å². The van der Waals surface area contributed by atoms with E-state index in [-0.39, 0.29) is 17.5 Å². The highest BCUT2D eigenvalue weighted by molar-refractivity contribution is 5.55. The fourth-order valence-electron chi connectivity index (χ4n) is 2.33. The van der Waals surface area contributed by atoms with Crippen LogP contribution in [-0.4, -0.2) is 34.3 Å². The Morgan fingerprint density at radius 1 is 1.17 bits per heavy atom. The number of hydrogen-bond acceptors (Lipinski definition) is 7. The highest BCUT2D eigenvalue weighted by Gasteiger charge is 2.19. The van der Waals surface area contributed by atoms with Gasteiger partial charge in [-0.3, -0.25) is 0 Å². The first kappa shape index (κ1) is 16.4. The number of aromatic nitrogens is 3. The van der Waals surface area contributed by atoms with Gasteiger partial charge in [-0.2, -0.15) is 15.0 Å². The van der Waals surface area contributed by atoms with E-state index in [2.05, 4.69) is 20.3 Å². The number of nitrogens with two attached hydrogens (primary N) is 1. The summed E-state index contributed by atoms with van der Waals surface area (Å²) in [7, 11) is 0. The minimum absolute atomic E-state index is 0.140. The molecule has 7 nitrogen and oxygen atoms in total. The third-order valence-electron chi connectivity index (χ3n) is 3.62. The van der Waals surface area contributed by atoms with Crippen LogP contribution in [0.5, 0.6) is 5.75 Å². The molecule has 3 rings (SSSR count). The number of hydrogen-bond donors (Lipinski definition) is 2. The van der Waals surface area contributed by atoms with Gasteiger partial charge in [0.2, 0.25) is 11.9 Å². The molecule has 1 aromatic heterocycles. The molecule has 0 bridgehead atoms. The average molecular weight is 329 g/mol. The molecule has 7 heteroatoms. The number of anilines is 3. The van der Waals surface area contributed by atoms with E-state index < -0.39 is 0 Å². The molecule has 1 aliphatic rings. The number of nitrogens with zero attached hydrogens (tertiary/aromatic N) is 3. The molecule has 3 N–H and O–H groups in total. The van der Waals surface area contributed by atoms with Crippen molar-refractivity contribution in [1.82, 2.24) is 15.0 Å². The highest BCUT2D eigenvalue weighted by Crippen LogP contribution is 2.23. The van der Waals surface area contributed by atoms with Gasteiger partial charge < -0.3 is 20.5 Å². The highest BCUT2D eigenvalue weighted by atomic mass is 16.5. The van der Waals surface area contributed by atoms with Crippen molar-refractivity contribution in [1.29, 1.82) is 0 Å². The first-order valence-corrected chi connectivity index (χ1v) is 8.04. The van der Waals surface area contributed by atoms with Crippen LogP contribution in [0.15, 0.2) is 24.3 Å². The number of nitrogens with one attached hydrogen (secondary N) is 1. The van der Waals surface area contributed by atoms with Crippen LogP contribution in [0.25, 0.3) is 0 Å². The van der Waals surface area contributed by atoms with Crippen molar-refractivity contribution in [2.75, 3.05) is 24.3 Å². The summed E-state index contributed by atoms with van der Waals surface area (Å²) < 4.78 is 11.2. The first-order chi connectivity index (χ1) is 11.4. The van der Waals surface area contributed by atoms with E-state index >= 15 is 0 Å². The lowest BCUT2D eigenvalue weighted by molar-refractivity contribution is 0.141. The minimum Gasteiger partial charge on any atom is -0.488 e. The molecule has 0 aliphatic carbocycles. The molecule has 2 aromatic rings. The number of rotatable bonds is 4. The van der Waals surface area contributed by atoms with Crippen LogP contribution in [0.2, 0.25) is 0 Å². The van der Waals surface area contributed by atoms with E-state index in [9.17, 15) is 0 Å². The lowest BCUT2D eigenvalue weighted by Gasteiger charge is -2.17. The van der Waals surface area contributed by atoms with Crippen LogP contribution in [0.3, 0.4) is 0 Å². The third-order valence-corrected chi connectivity index (χ3v) is 3.62. The Morgan fingerprint density at radius 2 is 1.92 bits per heavy atom. The van der Waals surface area contributed by atoms with Gasteiger partial charge in [0.05, 0.1) is 13.2 Å². The Balaban J connectivity index is 1.70. The van der Waals surface area contributed by atoms with E-state index in [1.807, 2.05) is 45.0 Å². The molecule has 1 atom stereocenters. The van der Waals surface area contributed by atoms with Gasteiger partial charge in [-0.15, -0.1) is 0 Å². The predicted molar refractivity (Wildman–Crippen MR) is 92.5 cm³/mol. The molecular formula is C17H23N5O2. The summed E-state index contributed by atoms with van der Waals surface area (Å²) in [4.78, 5) is 12.8. The van der Waals surface area contributed by atoms with E-state index in [1.54, 1.807) is 0 Å². The van der Waals surface area contributed by atoms with Gasteiger partial charge in [0, 0.05) is 17.5 Å². The molecule has 1 aliphatic heterocycles. The fraction of sp³-hybridized carbons (Fsp3) is 0.471. The summed E-state index contributed by atoms with van der Waals surface area (Å²) in [6.07, 6.45) is 1.07. The van der Waals surface area contributed by atoms with Gasteiger partial charge in [0.1, 0.15) is 17.7 Å². The van der Waals surface area contributed by atoms with Crippen LogP contribution in [0.4, 0.5) is 17.6 Å². The maximum atomic E-state index is 5.85. The Hall–Kier alpha value is -2.41. The van der Waals surface area contributed by atoms with Gasteiger partial charge in [0.25, 0.3) is 0 Å². The maximum absolute atomic E-state index is 5.85. The molecule has 0 radical (unpaired) electrons. The Kier molecular flexibility index (Phi) is 4.53. The Morgan fingerprint density at radius 3 is 2.54 bits per heavy atom. The van der Waals surface area contributed by atoms with Crippen LogP contribution in [0, 0.1) is 0 Å². The van der Waals surface area contributed by atoms with Crippen LogP contribution in [-0.2, 0) is 10.2 Å². The molecule has 0 amide bonds. The van der Waals surface area contributed by atoms with Crippen molar-refractivity contribution in [2.45, 2.75) is 38.7 Å². The summed E-state index contributed by atoms with van der Waals surface area (Å²) in [5, 5.41) is 3.16. The molecule has 1 fully saturated rings. The molecule has 2 heterocycles. The van der Waals surface area contributed by atoms with Gasteiger partial charge in [-0.25, -0.2) is 0 Å². The number of nitrogen functional groups attached to an aromatic ring is 1. The summed E-state index contributed by atoms with van der Waals surface area (Å²) >= 11 is 0. The molecule has 1 aromatic carbocycles. The van der Waals surface area contributed by atoms with Crippen molar-refractivity contribution in [3.05, 3.63) is 30.1 Å². The van der Waals surface area contributed by atoms with Gasteiger partial charge in [0.15, 0.2) is 0 Å². The Labute approximate surface area is 141 Å². The van der Waals surface area contributed by atoms with Crippen LogP contribution in [0.1, 0.15) is 33.0 Å². The maximum Gasteiger partial charge on any atom is 0.232 e. The van der Waals surface area contributed by atoms with Crippen LogP contribution < -0.4 is 15.8 Å². The second-order valence-corrected chi connectivity index (χ2v) is 6.84. The van der Waals surface area contributed by atoms with E-state index in [4.69, 9.17) is 15.2 Å². The van der Waals surface area contributed by atoms with E-state index in [0.717, 1.165) is 24.5 Å². The third kappa shape index (κ3) is 4.11. The summed E-state index contributed by atoms with van der Waals surface area (Å²) in [5.74, 6) is 2.11. The number of ether oxygens (including phenoxy) is 2. The molecule has 1 saturated heterocycles. The molecule has 24 heavy (non-hydrogen) atoms.